The quantitative estimate of drug-likeness (QED) is 0.321. The lowest BCUT2D eigenvalue weighted by Crippen LogP contribution is -2.40. The summed E-state index contributed by atoms with van der Waals surface area (Å²) in [4.78, 5) is 42.1. The molecule has 0 aliphatic carbocycles. The lowest BCUT2D eigenvalue weighted by atomic mass is 10.0. The summed E-state index contributed by atoms with van der Waals surface area (Å²) < 4.78 is 0. The number of hydrazone groups is 1. The van der Waals surface area contributed by atoms with Crippen molar-refractivity contribution < 1.29 is 9.59 Å². The highest BCUT2D eigenvalue weighted by atomic mass is 16.2. The van der Waals surface area contributed by atoms with Gasteiger partial charge in [0.05, 0.1) is 17.3 Å². The van der Waals surface area contributed by atoms with Gasteiger partial charge in [-0.05, 0) is 30.3 Å². The predicted octanol–water partition coefficient (Wildman–Crippen LogP) is 1.94. The minimum atomic E-state index is -1.22. The lowest BCUT2D eigenvalue weighted by Gasteiger charge is -2.18. The van der Waals surface area contributed by atoms with E-state index in [1.807, 2.05) is 0 Å². The number of hydrogen-bond donors (Lipinski definition) is 3. The van der Waals surface area contributed by atoms with Crippen LogP contribution in [0.2, 0.25) is 0 Å². The Hall–Kier alpha value is -4.66. The van der Waals surface area contributed by atoms with Crippen LogP contribution in [0, 0.1) is 0 Å². The Labute approximate surface area is 182 Å². The highest BCUT2D eigenvalue weighted by Crippen LogP contribution is 2.20. The maximum Gasteiger partial charge on any atom is 0.272 e. The van der Waals surface area contributed by atoms with Crippen LogP contribution in [0.25, 0.3) is 10.8 Å². The van der Waals surface area contributed by atoms with Crippen molar-refractivity contribution in [1.82, 2.24) is 25.9 Å². The zero-order valence-corrected chi connectivity index (χ0v) is 16.7. The normalized spacial score (nSPS) is 11.9. The van der Waals surface area contributed by atoms with E-state index < -0.39 is 23.4 Å². The number of nitrogens with zero attached hydrogens (tertiary/aromatic N) is 3. The molecule has 32 heavy (non-hydrogen) atoms. The predicted molar refractivity (Wildman–Crippen MR) is 119 cm³/mol. The fourth-order valence-corrected chi connectivity index (χ4v) is 3.10. The first kappa shape index (κ1) is 20.6. The topological polar surface area (TPSA) is 129 Å². The van der Waals surface area contributed by atoms with E-state index in [0.29, 0.717) is 22.0 Å². The Bertz CT molecular complexity index is 1340. The number of amides is 2. The van der Waals surface area contributed by atoms with Crippen LogP contribution in [-0.4, -0.2) is 33.2 Å². The minimum absolute atomic E-state index is 0.190. The van der Waals surface area contributed by atoms with Crippen LogP contribution < -0.4 is 16.3 Å². The Balaban J connectivity index is 1.68. The average molecular weight is 426 g/mol. The van der Waals surface area contributed by atoms with Crippen LogP contribution in [0.15, 0.2) is 88.9 Å². The van der Waals surface area contributed by atoms with Crippen molar-refractivity contribution in [2.24, 2.45) is 5.10 Å². The number of carbonyl (C=O) groups excluding carboxylic acids is 2. The Morgan fingerprint density at radius 3 is 2.41 bits per heavy atom. The Morgan fingerprint density at radius 2 is 1.66 bits per heavy atom. The van der Waals surface area contributed by atoms with Crippen LogP contribution in [0.5, 0.6) is 0 Å². The number of pyridine rings is 1. The van der Waals surface area contributed by atoms with Gasteiger partial charge in [-0.3, -0.25) is 19.4 Å². The first-order chi connectivity index (χ1) is 15.6. The second-order valence-electron chi connectivity index (χ2n) is 6.74. The molecule has 0 saturated heterocycles. The molecule has 0 aliphatic rings. The first-order valence-electron chi connectivity index (χ1n) is 9.70. The molecule has 0 bridgehead atoms. The fraction of sp³-hybridized carbons (Fsp3) is 0.0435. The smallest absolute Gasteiger partial charge is 0.272 e. The highest BCUT2D eigenvalue weighted by molar-refractivity contribution is 5.99. The van der Waals surface area contributed by atoms with E-state index in [0.717, 1.165) is 0 Å². The average Bonchev–Trinajstić information content (AvgIpc) is 2.84. The van der Waals surface area contributed by atoms with Crippen molar-refractivity contribution in [3.63, 3.8) is 0 Å². The van der Waals surface area contributed by atoms with E-state index >= 15 is 0 Å². The molecule has 3 N–H and O–H groups in total. The molecule has 4 rings (SSSR count). The summed E-state index contributed by atoms with van der Waals surface area (Å²) in [5, 5.41) is 13.9. The van der Waals surface area contributed by atoms with Gasteiger partial charge in [-0.25, -0.2) is 10.5 Å². The summed E-state index contributed by atoms with van der Waals surface area (Å²) in [6.07, 6.45) is 2.98. The molecule has 9 nitrogen and oxygen atoms in total. The fourth-order valence-electron chi connectivity index (χ4n) is 3.10. The van der Waals surface area contributed by atoms with Gasteiger partial charge < -0.3 is 5.32 Å². The third-order valence-corrected chi connectivity index (χ3v) is 4.63. The number of hydrogen-bond acceptors (Lipinski definition) is 6. The van der Waals surface area contributed by atoms with Gasteiger partial charge in [-0.2, -0.15) is 10.2 Å². The van der Waals surface area contributed by atoms with Gasteiger partial charge in [0.15, 0.2) is 6.04 Å². The number of aromatic amines is 1. The molecule has 2 amide bonds. The number of aromatic nitrogens is 3. The number of carbonyl (C=O) groups is 2. The van der Waals surface area contributed by atoms with E-state index in [9.17, 15) is 14.4 Å². The molecule has 0 spiro atoms. The number of benzene rings is 2. The van der Waals surface area contributed by atoms with Crippen LogP contribution >= 0.6 is 0 Å². The van der Waals surface area contributed by atoms with Gasteiger partial charge in [-0.1, -0.05) is 42.5 Å². The van der Waals surface area contributed by atoms with E-state index in [1.165, 1.54) is 6.21 Å². The van der Waals surface area contributed by atoms with E-state index in [-0.39, 0.29) is 5.69 Å². The zero-order chi connectivity index (χ0) is 22.3. The maximum absolute atomic E-state index is 13.0. The summed E-state index contributed by atoms with van der Waals surface area (Å²) in [7, 11) is 0. The molecule has 0 fully saturated rings. The lowest BCUT2D eigenvalue weighted by molar-refractivity contribution is -0.123. The summed E-state index contributed by atoms with van der Waals surface area (Å²) in [5.74, 6) is -1.11. The SMILES string of the molecule is O=C(N[C@@H](C(=O)N/N=C\c1ccccn1)c1n[nH]c(=O)c2ccccc12)c1ccccc1. The van der Waals surface area contributed by atoms with E-state index in [4.69, 9.17) is 0 Å². The molecular formula is C23H18N6O3. The number of H-pyrrole nitrogens is 1. The van der Waals surface area contributed by atoms with E-state index in [2.05, 4.69) is 31.0 Å². The largest absolute Gasteiger partial charge is 0.335 e. The second-order valence-corrected chi connectivity index (χ2v) is 6.74. The molecule has 9 heteroatoms. The molecule has 0 saturated carbocycles. The maximum atomic E-state index is 13.0. The number of fused-ring (bicyclic) bond motifs is 1. The molecule has 0 aliphatic heterocycles. The summed E-state index contributed by atoms with van der Waals surface area (Å²) >= 11 is 0. The number of rotatable bonds is 6. The zero-order valence-electron chi connectivity index (χ0n) is 16.7. The minimum Gasteiger partial charge on any atom is -0.335 e. The number of nitrogens with one attached hydrogen (secondary N) is 3. The summed E-state index contributed by atoms with van der Waals surface area (Å²) in [6, 6.07) is 19.2. The van der Waals surface area contributed by atoms with Crippen LogP contribution in [0.4, 0.5) is 0 Å². The van der Waals surface area contributed by atoms with Crippen LogP contribution in [-0.2, 0) is 4.79 Å². The molecule has 0 unspecified atom stereocenters. The summed E-state index contributed by atoms with van der Waals surface area (Å²) in [6.45, 7) is 0. The van der Waals surface area contributed by atoms with Gasteiger partial charge in [0.25, 0.3) is 17.4 Å². The van der Waals surface area contributed by atoms with Crippen LogP contribution in [0.3, 0.4) is 0 Å². The first-order valence-corrected chi connectivity index (χ1v) is 9.70. The van der Waals surface area contributed by atoms with Crippen molar-refractivity contribution in [1.29, 1.82) is 0 Å². The summed E-state index contributed by atoms with van der Waals surface area (Å²) in [5.41, 5.74) is 3.12. The molecule has 4 aromatic rings. The van der Waals surface area contributed by atoms with Crippen molar-refractivity contribution in [2.45, 2.75) is 6.04 Å². The Morgan fingerprint density at radius 1 is 0.938 bits per heavy atom. The standard InChI is InChI=1S/C23H18N6O3/c30-21(15-8-2-1-3-9-15)26-20(23(32)28-25-14-16-10-6-7-13-24-16)19-17-11-4-5-12-18(17)22(31)29-27-19/h1-14,20H,(H,26,30)(H,28,32)(H,29,31)/b25-14-/t20-/m1/s1. The van der Waals surface area contributed by atoms with E-state index in [1.54, 1.807) is 79.0 Å². The van der Waals surface area contributed by atoms with Crippen molar-refractivity contribution in [3.8, 4) is 0 Å². The van der Waals surface area contributed by atoms with Gasteiger partial charge in [0, 0.05) is 17.1 Å². The highest BCUT2D eigenvalue weighted by Gasteiger charge is 2.27. The monoisotopic (exact) mass is 426 g/mol. The third kappa shape index (κ3) is 4.57. The van der Waals surface area contributed by atoms with Crippen molar-refractivity contribution in [2.75, 3.05) is 0 Å². The molecule has 2 aromatic heterocycles. The molecule has 2 aromatic carbocycles. The Kier molecular flexibility index (Phi) is 6.08. The van der Waals surface area contributed by atoms with Gasteiger partial charge >= 0.3 is 0 Å². The molecule has 0 radical (unpaired) electrons. The molecule has 158 valence electrons. The van der Waals surface area contributed by atoms with Crippen molar-refractivity contribution in [3.05, 3.63) is 106 Å². The van der Waals surface area contributed by atoms with Crippen LogP contribution in [0.1, 0.15) is 27.8 Å². The van der Waals surface area contributed by atoms with Gasteiger partial charge in [-0.15, -0.1) is 0 Å². The molecule has 1 atom stereocenters. The third-order valence-electron chi connectivity index (χ3n) is 4.63. The van der Waals surface area contributed by atoms with Gasteiger partial charge in [0.1, 0.15) is 5.69 Å². The second kappa shape index (κ2) is 9.43. The molecule has 2 heterocycles. The van der Waals surface area contributed by atoms with Gasteiger partial charge in [0.2, 0.25) is 0 Å². The van der Waals surface area contributed by atoms with Crippen molar-refractivity contribution >= 4 is 28.8 Å². The molecular weight excluding hydrogens is 408 g/mol.